The van der Waals surface area contributed by atoms with Crippen LogP contribution in [0.25, 0.3) is 0 Å². The molecular weight excluding hydrogens is 287 g/mol. The first-order chi connectivity index (χ1) is 8.99. The van der Waals surface area contributed by atoms with Crippen LogP contribution in [0.5, 0.6) is 0 Å². The van der Waals surface area contributed by atoms with Gasteiger partial charge in [-0.2, -0.15) is 0 Å². The van der Waals surface area contributed by atoms with Crippen LogP contribution in [-0.2, 0) is 4.74 Å². The zero-order chi connectivity index (χ0) is 14.0. The van der Waals surface area contributed by atoms with Crippen LogP contribution in [0.15, 0.2) is 18.2 Å². The predicted octanol–water partition coefficient (Wildman–Crippen LogP) is 2.18. The highest BCUT2D eigenvalue weighted by Gasteiger charge is 2.28. The summed E-state index contributed by atoms with van der Waals surface area (Å²) in [4.78, 5) is 14.1. The van der Waals surface area contributed by atoms with Crippen LogP contribution in [0.4, 0.5) is 0 Å². The number of amides is 1. The fraction of sp³-hybridized carbons (Fsp3) is 0.462. The second-order valence-corrected chi connectivity index (χ2v) is 5.49. The zero-order valence-electron chi connectivity index (χ0n) is 10.6. The molecule has 0 saturated carbocycles. The summed E-state index contributed by atoms with van der Waals surface area (Å²) in [6.07, 6.45) is -0.143. The average Bonchev–Trinajstić information content (AvgIpc) is 2.41. The lowest BCUT2D eigenvalue weighted by Gasteiger charge is -2.34. The van der Waals surface area contributed by atoms with Gasteiger partial charge >= 0.3 is 0 Å². The molecule has 1 fully saturated rings. The van der Waals surface area contributed by atoms with Crippen molar-refractivity contribution in [2.24, 2.45) is 5.73 Å². The normalized spacial score (nSPS) is 21.3. The van der Waals surface area contributed by atoms with E-state index in [4.69, 9.17) is 33.7 Å². The number of benzene rings is 1. The van der Waals surface area contributed by atoms with E-state index in [1.807, 2.05) is 6.92 Å². The van der Waals surface area contributed by atoms with Gasteiger partial charge in [0.2, 0.25) is 0 Å². The summed E-state index contributed by atoms with van der Waals surface area (Å²) in [5.74, 6) is -0.138. The maximum atomic E-state index is 12.4. The zero-order valence-corrected chi connectivity index (χ0v) is 12.1. The lowest BCUT2D eigenvalue weighted by atomic mass is 10.1. The van der Waals surface area contributed by atoms with Gasteiger partial charge in [0.25, 0.3) is 5.91 Å². The van der Waals surface area contributed by atoms with E-state index in [1.165, 1.54) is 0 Å². The molecule has 1 aliphatic rings. The third kappa shape index (κ3) is 3.39. The molecule has 2 atom stereocenters. The van der Waals surface area contributed by atoms with Crippen molar-refractivity contribution < 1.29 is 9.53 Å². The lowest BCUT2D eigenvalue weighted by molar-refractivity contribution is -0.0300. The molecule has 0 bridgehead atoms. The summed E-state index contributed by atoms with van der Waals surface area (Å²) in [7, 11) is 0. The van der Waals surface area contributed by atoms with Gasteiger partial charge in [-0.15, -0.1) is 0 Å². The Morgan fingerprint density at radius 3 is 2.95 bits per heavy atom. The molecule has 1 aromatic rings. The predicted molar refractivity (Wildman–Crippen MR) is 75.8 cm³/mol. The van der Waals surface area contributed by atoms with Crippen molar-refractivity contribution >= 4 is 29.1 Å². The van der Waals surface area contributed by atoms with E-state index >= 15 is 0 Å². The van der Waals surface area contributed by atoms with Crippen molar-refractivity contribution in [3.63, 3.8) is 0 Å². The number of nitrogens with zero attached hydrogens (tertiary/aromatic N) is 1. The van der Waals surface area contributed by atoms with Gasteiger partial charge in [0, 0.05) is 24.2 Å². The number of nitrogens with two attached hydrogens (primary N) is 1. The molecule has 0 spiro atoms. The van der Waals surface area contributed by atoms with E-state index in [1.54, 1.807) is 23.1 Å². The van der Waals surface area contributed by atoms with E-state index in [-0.39, 0.29) is 18.1 Å². The molecule has 1 amide bonds. The summed E-state index contributed by atoms with van der Waals surface area (Å²) >= 11 is 12.0. The molecule has 104 valence electrons. The maximum Gasteiger partial charge on any atom is 0.255 e. The monoisotopic (exact) mass is 302 g/mol. The highest BCUT2D eigenvalue weighted by atomic mass is 35.5. The molecule has 1 saturated heterocycles. The Morgan fingerprint density at radius 2 is 2.26 bits per heavy atom. The molecule has 0 aliphatic carbocycles. The number of ether oxygens (including phenoxy) is 1. The van der Waals surface area contributed by atoms with Crippen molar-refractivity contribution in [1.29, 1.82) is 0 Å². The smallest absolute Gasteiger partial charge is 0.255 e. The number of rotatable bonds is 2. The van der Waals surface area contributed by atoms with Crippen molar-refractivity contribution in [3.8, 4) is 0 Å². The summed E-state index contributed by atoms with van der Waals surface area (Å²) in [5, 5.41) is 0.892. The summed E-state index contributed by atoms with van der Waals surface area (Å²) in [6.45, 7) is 3.35. The van der Waals surface area contributed by atoms with Gasteiger partial charge in [-0.05, 0) is 25.1 Å². The Morgan fingerprint density at radius 1 is 1.53 bits per heavy atom. The molecule has 4 nitrogen and oxygen atoms in total. The van der Waals surface area contributed by atoms with E-state index < -0.39 is 0 Å². The van der Waals surface area contributed by atoms with Gasteiger partial charge < -0.3 is 15.4 Å². The van der Waals surface area contributed by atoms with Crippen LogP contribution in [0.3, 0.4) is 0 Å². The summed E-state index contributed by atoms with van der Waals surface area (Å²) < 4.78 is 5.53. The summed E-state index contributed by atoms with van der Waals surface area (Å²) in [5.41, 5.74) is 6.23. The number of halogens is 2. The summed E-state index contributed by atoms with van der Waals surface area (Å²) in [6, 6.07) is 4.75. The maximum absolute atomic E-state index is 12.4. The first kappa shape index (κ1) is 14.6. The molecule has 6 heteroatoms. The highest BCUT2D eigenvalue weighted by Crippen LogP contribution is 2.23. The third-order valence-corrected chi connectivity index (χ3v) is 3.69. The van der Waals surface area contributed by atoms with Crippen LogP contribution in [0.2, 0.25) is 10.0 Å². The van der Waals surface area contributed by atoms with Crippen LogP contribution in [-0.4, -0.2) is 42.6 Å². The molecule has 2 unspecified atom stereocenters. The van der Waals surface area contributed by atoms with Crippen molar-refractivity contribution in [1.82, 2.24) is 4.90 Å². The van der Waals surface area contributed by atoms with Crippen LogP contribution in [0, 0.1) is 0 Å². The lowest BCUT2D eigenvalue weighted by Crippen LogP contribution is -2.51. The van der Waals surface area contributed by atoms with Gasteiger partial charge in [-0.3, -0.25) is 4.79 Å². The highest BCUT2D eigenvalue weighted by molar-refractivity contribution is 6.35. The van der Waals surface area contributed by atoms with Gasteiger partial charge in [0.1, 0.15) is 0 Å². The molecular formula is C13H16Cl2N2O2. The van der Waals surface area contributed by atoms with Gasteiger partial charge in [0.05, 0.1) is 23.3 Å². The number of morpholine rings is 1. The number of carbonyl (C=O) groups is 1. The SMILES string of the molecule is CC(N)C1CN(C(=O)c2cc(Cl)ccc2Cl)CCO1. The van der Waals surface area contributed by atoms with Gasteiger partial charge in [0.15, 0.2) is 0 Å². The minimum atomic E-state index is -0.143. The Bertz CT molecular complexity index is 480. The Kier molecular flexibility index (Phi) is 4.68. The minimum absolute atomic E-state index is 0.120. The molecule has 0 aromatic heterocycles. The quantitative estimate of drug-likeness (QED) is 0.911. The average molecular weight is 303 g/mol. The molecule has 2 N–H and O–H groups in total. The van der Waals surface area contributed by atoms with E-state index in [0.29, 0.717) is 35.3 Å². The number of hydrogen-bond acceptors (Lipinski definition) is 3. The molecule has 1 heterocycles. The Balaban J connectivity index is 2.17. The molecule has 1 aliphatic heterocycles. The van der Waals surface area contributed by atoms with E-state index in [2.05, 4.69) is 0 Å². The fourth-order valence-electron chi connectivity index (χ4n) is 2.01. The van der Waals surface area contributed by atoms with Gasteiger partial charge in [-0.1, -0.05) is 23.2 Å². The van der Waals surface area contributed by atoms with Crippen LogP contribution in [0.1, 0.15) is 17.3 Å². The molecule has 0 radical (unpaired) electrons. The van der Waals surface area contributed by atoms with Gasteiger partial charge in [-0.25, -0.2) is 0 Å². The Hall–Kier alpha value is -0.810. The Labute approximate surface area is 122 Å². The number of hydrogen-bond donors (Lipinski definition) is 1. The van der Waals surface area contributed by atoms with Crippen LogP contribution < -0.4 is 5.73 Å². The fourth-order valence-corrected chi connectivity index (χ4v) is 2.38. The first-order valence-electron chi connectivity index (χ1n) is 6.10. The topological polar surface area (TPSA) is 55.6 Å². The van der Waals surface area contributed by atoms with Crippen LogP contribution >= 0.6 is 23.2 Å². The van der Waals surface area contributed by atoms with Crippen molar-refractivity contribution in [2.45, 2.75) is 19.1 Å². The second-order valence-electron chi connectivity index (χ2n) is 4.64. The second kappa shape index (κ2) is 6.09. The largest absolute Gasteiger partial charge is 0.373 e. The van der Waals surface area contributed by atoms with Crippen molar-refractivity contribution in [2.75, 3.05) is 19.7 Å². The molecule has 1 aromatic carbocycles. The van der Waals surface area contributed by atoms with Crippen molar-refractivity contribution in [3.05, 3.63) is 33.8 Å². The molecule has 2 rings (SSSR count). The molecule has 19 heavy (non-hydrogen) atoms. The van der Waals surface area contributed by atoms with E-state index in [0.717, 1.165) is 0 Å². The number of carbonyl (C=O) groups excluding carboxylic acids is 1. The minimum Gasteiger partial charge on any atom is -0.373 e. The first-order valence-corrected chi connectivity index (χ1v) is 6.86. The third-order valence-electron chi connectivity index (χ3n) is 3.13. The standard InChI is InChI=1S/C13H16Cl2N2O2/c1-8(16)12-7-17(4-5-19-12)13(18)10-6-9(14)2-3-11(10)15/h2-3,6,8,12H,4-5,7,16H2,1H3. The van der Waals surface area contributed by atoms with E-state index in [9.17, 15) is 4.79 Å².